The number of aldehydes is 1. The third-order valence-corrected chi connectivity index (χ3v) is 2.41. The molecule has 2 rings (SSSR count). The van der Waals surface area contributed by atoms with Crippen molar-refractivity contribution >= 4 is 17.9 Å². The van der Waals surface area contributed by atoms with Crippen LogP contribution in [0.3, 0.4) is 0 Å². The van der Waals surface area contributed by atoms with Gasteiger partial charge >= 0.3 is 6.36 Å². The van der Waals surface area contributed by atoms with Crippen LogP contribution in [-0.2, 0) is 0 Å². The first-order valence-corrected chi connectivity index (χ1v) is 5.37. The number of carbonyl (C=O) groups excluding carboxylic acids is 1. The Balaban J connectivity index is 2.47. The minimum Gasteiger partial charge on any atom is -0.453 e. The predicted octanol–water partition coefficient (Wildman–Crippen LogP) is 4.31. The van der Waals surface area contributed by atoms with Gasteiger partial charge in [0.05, 0.1) is 5.56 Å². The van der Waals surface area contributed by atoms with Crippen LogP contribution in [0, 0.1) is 0 Å². The zero-order chi connectivity index (χ0) is 14.0. The number of hydrogen-bond acceptors (Lipinski definition) is 3. The Morgan fingerprint density at radius 3 is 2.53 bits per heavy atom. The Hall–Kier alpha value is -1.95. The summed E-state index contributed by atoms with van der Waals surface area (Å²) in [4.78, 5) is 10.5. The van der Waals surface area contributed by atoms with Crippen molar-refractivity contribution in [3.63, 3.8) is 0 Å². The molecule has 0 fully saturated rings. The number of rotatable bonds is 3. The summed E-state index contributed by atoms with van der Waals surface area (Å²) in [6.45, 7) is 0. The molecule has 0 N–H and O–H groups in total. The SMILES string of the molecule is O=Cc1ccc(-c2cc(Cl)ccc2OC(F)(F)F)o1. The maximum Gasteiger partial charge on any atom is 0.573 e. The average Bonchev–Trinajstić information content (AvgIpc) is 2.78. The second-order valence-corrected chi connectivity index (χ2v) is 3.94. The van der Waals surface area contributed by atoms with Gasteiger partial charge in [-0.3, -0.25) is 4.79 Å². The Kier molecular flexibility index (Phi) is 3.53. The van der Waals surface area contributed by atoms with Crippen molar-refractivity contribution in [3.8, 4) is 17.1 Å². The van der Waals surface area contributed by atoms with E-state index in [1.807, 2.05) is 0 Å². The molecular weight excluding hydrogens is 285 g/mol. The highest BCUT2D eigenvalue weighted by Crippen LogP contribution is 2.36. The number of benzene rings is 1. The summed E-state index contributed by atoms with van der Waals surface area (Å²) in [5.74, 6) is -0.402. The molecule has 1 heterocycles. The number of ether oxygens (including phenoxy) is 1. The summed E-state index contributed by atoms with van der Waals surface area (Å²) in [5, 5.41) is 0.216. The summed E-state index contributed by atoms with van der Waals surface area (Å²) < 4.78 is 45.7. The fourth-order valence-corrected chi connectivity index (χ4v) is 1.64. The van der Waals surface area contributed by atoms with Gasteiger partial charge in [0.15, 0.2) is 12.0 Å². The van der Waals surface area contributed by atoms with Gasteiger partial charge < -0.3 is 9.15 Å². The zero-order valence-electron chi connectivity index (χ0n) is 9.20. The summed E-state index contributed by atoms with van der Waals surface area (Å²) in [5.41, 5.74) is 0.0120. The molecule has 7 heteroatoms. The van der Waals surface area contributed by atoms with Crippen molar-refractivity contribution in [3.05, 3.63) is 41.1 Å². The van der Waals surface area contributed by atoms with Crippen molar-refractivity contribution in [2.75, 3.05) is 0 Å². The number of furan rings is 1. The van der Waals surface area contributed by atoms with E-state index in [-0.39, 0.29) is 22.1 Å². The molecule has 0 atom stereocenters. The van der Waals surface area contributed by atoms with Gasteiger partial charge in [0.1, 0.15) is 11.5 Å². The van der Waals surface area contributed by atoms with Crippen LogP contribution >= 0.6 is 11.6 Å². The summed E-state index contributed by atoms with van der Waals surface area (Å²) >= 11 is 5.73. The highest BCUT2D eigenvalue weighted by Gasteiger charge is 2.32. The lowest BCUT2D eigenvalue weighted by Crippen LogP contribution is -2.17. The number of halogens is 4. The highest BCUT2D eigenvalue weighted by molar-refractivity contribution is 6.30. The Morgan fingerprint density at radius 2 is 1.95 bits per heavy atom. The van der Waals surface area contributed by atoms with Crippen LogP contribution in [0.15, 0.2) is 34.7 Å². The average molecular weight is 291 g/mol. The van der Waals surface area contributed by atoms with E-state index < -0.39 is 12.1 Å². The molecule has 0 radical (unpaired) electrons. The number of hydrogen-bond donors (Lipinski definition) is 0. The monoisotopic (exact) mass is 290 g/mol. The third kappa shape index (κ3) is 3.29. The van der Waals surface area contributed by atoms with Crippen LogP contribution in [0.4, 0.5) is 13.2 Å². The topological polar surface area (TPSA) is 39.4 Å². The normalized spacial score (nSPS) is 11.4. The maximum absolute atomic E-state index is 12.3. The molecule has 0 amide bonds. The van der Waals surface area contributed by atoms with Crippen LogP contribution in [-0.4, -0.2) is 12.6 Å². The molecule has 0 aliphatic carbocycles. The van der Waals surface area contributed by atoms with E-state index in [1.165, 1.54) is 24.3 Å². The lowest BCUT2D eigenvalue weighted by atomic mass is 10.1. The van der Waals surface area contributed by atoms with E-state index >= 15 is 0 Å². The molecule has 0 bridgehead atoms. The predicted molar refractivity (Wildman–Crippen MR) is 61.2 cm³/mol. The van der Waals surface area contributed by atoms with E-state index in [1.54, 1.807) is 0 Å². The van der Waals surface area contributed by atoms with Crippen molar-refractivity contribution in [1.82, 2.24) is 0 Å². The van der Waals surface area contributed by atoms with Gasteiger partial charge in [-0.1, -0.05) is 11.6 Å². The molecule has 100 valence electrons. The van der Waals surface area contributed by atoms with Gasteiger partial charge in [0.2, 0.25) is 0 Å². The van der Waals surface area contributed by atoms with Crippen molar-refractivity contribution in [2.45, 2.75) is 6.36 Å². The minimum atomic E-state index is -4.83. The first kappa shape index (κ1) is 13.5. The summed E-state index contributed by atoms with van der Waals surface area (Å²) in [6.07, 6.45) is -4.39. The summed E-state index contributed by atoms with van der Waals surface area (Å²) in [6, 6.07) is 6.29. The molecule has 19 heavy (non-hydrogen) atoms. The Morgan fingerprint density at radius 1 is 1.21 bits per heavy atom. The van der Waals surface area contributed by atoms with Crippen LogP contribution in [0.5, 0.6) is 5.75 Å². The molecule has 0 spiro atoms. The number of alkyl halides is 3. The van der Waals surface area contributed by atoms with Crippen LogP contribution in [0.25, 0.3) is 11.3 Å². The molecule has 0 aliphatic rings. The van der Waals surface area contributed by atoms with Crippen LogP contribution < -0.4 is 4.74 Å². The molecule has 0 saturated heterocycles. The van der Waals surface area contributed by atoms with E-state index in [0.717, 1.165) is 6.07 Å². The molecule has 1 aromatic carbocycles. The lowest BCUT2D eigenvalue weighted by Gasteiger charge is -2.12. The second-order valence-electron chi connectivity index (χ2n) is 3.51. The van der Waals surface area contributed by atoms with Gasteiger partial charge in [0, 0.05) is 5.02 Å². The summed E-state index contributed by atoms with van der Waals surface area (Å²) in [7, 11) is 0. The van der Waals surface area contributed by atoms with Crippen molar-refractivity contribution < 1.29 is 27.1 Å². The Labute approximate surface area is 110 Å². The molecule has 2 aromatic rings. The van der Waals surface area contributed by atoms with Gasteiger partial charge in [-0.05, 0) is 30.3 Å². The fraction of sp³-hybridized carbons (Fsp3) is 0.0833. The molecular formula is C12H6ClF3O3. The lowest BCUT2D eigenvalue weighted by molar-refractivity contribution is -0.274. The first-order valence-electron chi connectivity index (χ1n) is 5.00. The van der Waals surface area contributed by atoms with Gasteiger partial charge in [-0.15, -0.1) is 13.2 Å². The zero-order valence-corrected chi connectivity index (χ0v) is 9.96. The van der Waals surface area contributed by atoms with Gasteiger partial charge in [-0.2, -0.15) is 0 Å². The highest BCUT2D eigenvalue weighted by atomic mass is 35.5. The van der Waals surface area contributed by atoms with Crippen LogP contribution in [0.1, 0.15) is 10.6 Å². The standard InChI is InChI=1S/C12H6ClF3O3/c13-7-1-3-11(19-12(14,15)16)9(5-7)10-4-2-8(6-17)18-10/h1-6H. The molecule has 1 aromatic heterocycles. The van der Waals surface area contributed by atoms with E-state index in [0.29, 0.717) is 6.29 Å². The molecule has 3 nitrogen and oxygen atoms in total. The van der Waals surface area contributed by atoms with E-state index in [9.17, 15) is 18.0 Å². The van der Waals surface area contributed by atoms with Crippen molar-refractivity contribution in [1.29, 1.82) is 0 Å². The smallest absolute Gasteiger partial charge is 0.453 e. The van der Waals surface area contributed by atoms with E-state index in [2.05, 4.69) is 4.74 Å². The first-order chi connectivity index (χ1) is 8.89. The second kappa shape index (κ2) is 4.97. The molecule has 0 aliphatic heterocycles. The van der Waals surface area contributed by atoms with E-state index in [4.69, 9.17) is 16.0 Å². The molecule has 0 saturated carbocycles. The largest absolute Gasteiger partial charge is 0.573 e. The maximum atomic E-state index is 12.3. The quantitative estimate of drug-likeness (QED) is 0.791. The Bertz CT molecular complexity index is 605. The fourth-order valence-electron chi connectivity index (χ4n) is 1.47. The molecule has 0 unspecified atom stereocenters. The third-order valence-electron chi connectivity index (χ3n) is 2.18. The van der Waals surface area contributed by atoms with Crippen LogP contribution in [0.2, 0.25) is 5.02 Å². The minimum absolute atomic E-state index is 0.00654. The number of carbonyl (C=O) groups is 1. The van der Waals surface area contributed by atoms with Gasteiger partial charge in [-0.25, -0.2) is 0 Å². The van der Waals surface area contributed by atoms with Crippen molar-refractivity contribution in [2.24, 2.45) is 0 Å². The van der Waals surface area contributed by atoms with Gasteiger partial charge in [0.25, 0.3) is 0 Å².